The minimum absolute atomic E-state index is 0.0884. The van der Waals surface area contributed by atoms with Crippen molar-refractivity contribution in [1.29, 1.82) is 0 Å². The van der Waals surface area contributed by atoms with Gasteiger partial charge in [-0.3, -0.25) is 19.2 Å². The van der Waals surface area contributed by atoms with E-state index < -0.39 is 48.8 Å². The van der Waals surface area contributed by atoms with Gasteiger partial charge in [0.25, 0.3) is 0 Å². The number of hydrogen-bond donors (Lipinski definition) is 0. The van der Waals surface area contributed by atoms with Crippen LogP contribution in [0.1, 0.15) is 75.1 Å². The first-order chi connectivity index (χ1) is 21.3. The minimum atomic E-state index is -0.987. The molecule has 3 unspecified atom stereocenters. The van der Waals surface area contributed by atoms with Gasteiger partial charge in [-0.2, -0.15) is 0 Å². The van der Waals surface area contributed by atoms with Gasteiger partial charge in [0.2, 0.25) is 6.79 Å². The van der Waals surface area contributed by atoms with Crippen LogP contribution in [-0.4, -0.2) is 68.0 Å². The number of halogens is 2. The molecule has 0 radical (unpaired) electrons. The first-order valence-electron chi connectivity index (χ1n) is 14.4. The van der Waals surface area contributed by atoms with Gasteiger partial charge in [-0.1, -0.05) is 60.5 Å². The van der Waals surface area contributed by atoms with E-state index in [2.05, 4.69) is 0 Å². The fraction of sp³-hybridized carbons (Fsp3) is 0.469. The van der Waals surface area contributed by atoms with Crippen molar-refractivity contribution in [3.63, 3.8) is 0 Å². The van der Waals surface area contributed by atoms with Crippen LogP contribution < -0.4 is 0 Å². The van der Waals surface area contributed by atoms with Crippen LogP contribution in [0.2, 0.25) is 10.0 Å². The molecule has 2 aromatic rings. The van der Waals surface area contributed by atoms with Gasteiger partial charge in [-0.15, -0.1) is 0 Å². The van der Waals surface area contributed by atoms with Crippen LogP contribution in [0.3, 0.4) is 0 Å². The molecule has 0 spiro atoms. The topological polar surface area (TPSA) is 135 Å². The average Bonchev–Trinajstić information content (AvgIpc) is 2.98. The molecule has 0 bridgehead atoms. The first kappa shape index (κ1) is 35.6. The smallest absolute Gasteiger partial charge is 0.412 e. The highest BCUT2D eigenvalue weighted by atomic mass is 35.5. The lowest BCUT2D eigenvalue weighted by molar-refractivity contribution is -0.166. The number of benzene rings is 2. The van der Waals surface area contributed by atoms with Gasteiger partial charge in [0.15, 0.2) is 6.10 Å². The second-order valence-electron chi connectivity index (χ2n) is 10.8. The lowest BCUT2D eigenvalue weighted by Gasteiger charge is -2.36. The van der Waals surface area contributed by atoms with Crippen molar-refractivity contribution in [2.75, 3.05) is 27.1 Å². The number of rotatable bonds is 13. The van der Waals surface area contributed by atoms with E-state index in [1.165, 1.54) is 18.7 Å². The van der Waals surface area contributed by atoms with Crippen LogP contribution in [0.5, 0.6) is 0 Å². The molecule has 0 heterocycles. The van der Waals surface area contributed by atoms with Crippen LogP contribution >= 0.6 is 23.2 Å². The summed E-state index contributed by atoms with van der Waals surface area (Å²) in [5, 5.41) is 0.973. The Morgan fingerprint density at radius 1 is 0.822 bits per heavy atom. The van der Waals surface area contributed by atoms with E-state index in [0.717, 1.165) is 23.1 Å². The standard InChI is InChI=1S/C32H37Cl2NO10/c1-19(14-31(39)45-23(16-41-20(2)36)17-42-21(3)37)13-30(38)43-18-44-32(40)35(4)29-12-10-24(25-7-5-6-8-26(25)29)22-9-11-27(33)28(34)15-22/h5-9,11,15,19,23-24,29H,10,12-14,16-18H2,1-4H3. The quantitative estimate of drug-likeness (QED) is 0.143. The summed E-state index contributed by atoms with van der Waals surface area (Å²) in [6, 6.07) is 13.2. The maximum Gasteiger partial charge on any atom is 0.412 e. The molecular weight excluding hydrogens is 629 g/mol. The van der Waals surface area contributed by atoms with Gasteiger partial charge < -0.3 is 28.6 Å². The summed E-state index contributed by atoms with van der Waals surface area (Å²) in [4.78, 5) is 61.2. The molecule has 45 heavy (non-hydrogen) atoms. The van der Waals surface area contributed by atoms with Crippen molar-refractivity contribution >= 4 is 53.2 Å². The molecule has 0 aromatic heterocycles. The maximum absolute atomic E-state index is 12.9. The van der Waals surface area contributed by atoms with E-state index in [-0.39, 0.29) is 38.0 Å². The Morgan fingerprint density at radius 3 is 2.07 bits per heavy atom. The molecule has 0 saturated heterocycles. The molecule has 0 saturated carbocycles. The summed E-state index contributed by atoms with van der Waals surface area (Å²) < 4.78 is 25.2. The predicted molar refractivity (Wildman–Crippen MR) is 163 cm³/mol. The largest absolute Gasteiger partial charge is 0.462 e. The van der Waals surface area contributed by atoms with E-state index in [1.54, 1.807) is 20.0 Å². The van der Waals surface area contributed by atoms with E-state index in [1.807, 2.05) is 36.4 Å². The number of hydrogen-bond acceptors (Lipinski definition) is 10. The number of nitrogens with zero attached hydrogens (tertiary/aromatic N) is 1. The SMILES string of the molecule is CC(=O)OCC(COC(C)=O)OC(=O)CC(C)CC(=O)OCOC(=O)N(C)C1CCC(c2ccc(Cl)c(Cl)c2)c2ccccc21. The lowest BCUT2D eigenvalue weighted by atomic mass is 9.76. The summed E-state index contributed by atoms with van der Waals surface area (Å²) in [6.07, 6.45) is -0.506. The molecule has 3 rings (SSSR count). The van der Waals surface area contributed by atoms with E-state index in [0.29, 0.717) is 16.5 Å². The molecule has 2 aromatic carbocycles. The monoisotopic (exact) mass is 665 g/mol. The van der Waals surface area contributed by atoms with E-state index >= 15 is 0 Å². The Hall–Kier alpha value is -3.83. The zero-order valence-electron chi connectivity index (χ0n) is 25.6. The zero-order valence-corrected chi connectivity index (χ0v) is 27.1. The molecule has 1 aliphatic rings. The molecule has 0 aliphatic heterocycles. The molecule has 3 atom stereocenters. The molecule has 11 nitrogen and oxygen atoms in total. The van der Waals surface area contributed by atoms with Gasteiger partial charge in [0, 0.05) is 39.7 Å². The fourth-order valence-electron chi connectivity index (χ4n) is 5.09. The first-order valence-corrected chi connectivity index (χ1v) is 15.2. The van der Waals surface area contributed by atoms with Gasteiger partial charge in [-0.25, -0.2) is 4.79 Å². The van der Waals surface area contributed by atoms with Crippen LogP contribution in [0.4, 0.5) is 4.79 Å². The Labute approximate surface area is 272 Å². The minimum Gasteiger partial charge on any atom is -0.462 e. The molecule has 13 heteroatoms. The molecule has 0 N–H and O–H groups in total. The third kappa shape index (κ3) is 10.9. The molecule has 244 valence electrons. The summed E-state index contributed by atoms with van der Waals surface area (Å²) >= 11 is 12.4. The van der Waals surface area contributed by atoms with Crippen molar-refractivity contribution in [3.05, 3.63) is 69.2 Å². The Kier molecular flexibility index (Phi) is 13.5. The van der Waals surface area contributed by atoms with Crippen LogP contribution in [0, 0.1) is 5.92 Å². The number of ether oxygens (including phenoxy) is 5. The van der Waals surface area contributed by atoms with Gasteiger partial charge in [0.1, 0.15) is 13.2 Å². The summed E-state index contributed by atoms with van der Waals surface area (Å²) in [5.41, 5.74) is 3.11. The van der Waals surface area contributed by atoms with Crippen molar-refractivity contribution < 1.29 is 47.7 Å². The van der Waals surface area contributed by atoms with Crippen molar-refractivity contribution in [1.82, 2.24) is 4.90 Å². The molecule has 1 aliphatic carbocycles. The maximum atomic E-state index is 12.9. The van der Waals surface area contributed by atoms with Gasteiger partial charge >= 0.3 is 30.0 Å². The lowest BCUT2D eigenvalue weighted by Crippen LogP contribution is -2.35. The second-order valence-corrected chi connectivity index (χ2v) is 11.6. The highest BCUT2D eigenvalue weighted by Gasteiger charge is 2.33. The highest BCUT2D eigenvalue weighted by Crippen LogP contribution is 2.44. The van der Waals surface area contributed by atoms with Crippen molar-refractivity contribution in [2.45, 2.75) is 64.5 Å². The van der Waals surface area contributed by atoms with Gasteiger partial charge in [-0.05, 0) is 47.6 Å². The van der Waals surface area contributed by atoms with E-state index in [9.17, 15) is 24.0 Å². The number of esters is 4. The highest BCUT2D eigenvalue weighted by molar-refractivity contribution is 6.42. The van der Waals surface area contributed by atoms with Crippen LogP contribution in [0.25, 0.3) is 0 Å². The second kappa shape index (κ2) is 17.0. The molecular formula is C32H37Cl2NO10. The van der Waals surface area contributed by atoms with E-state index in [4.69, 9.17) is 46.9 Å². The molecule has 1 amide bonds. The van der Waals surface area contributed by atoms with Crippen molar-refractivity contribution in [3.8, 4) is 0 Å². The van der Waals surface area contributed by atoms with Crippen LogP contribution in [0.15, 0.2) is 42.5 Å². The summed E-state index contributed by atoms with van der Waals surface area (Å²) in [5.74, 6) is -2.91. The molecule has 0 fully saturated rings. The fourth-order valence-corrected chi connectivity index (χ4v) is 5.40. The number of fused-ring (bicyclic) bond motifs is 1. The summed E-state index contributed by atoms with van der Waals surface area (Å²) in [6.45, 7) is 2.87. The Morgan fingerprint density at radius 2 is 1.44 bits per heavy atom. The predicted octanol–water partition coefficient (Wildman–Crippen LogP) is 5.98. The number of amides is 1. The Bertz CT molecular complexity index is 1370. The number of carbonyl (C=O) groups excluding carboxylic acids is 5. The Balaban J connectivity index is 1.47. The summed E-state index contributed by atoms with van der Waals surface area (Å²) in [7, 11) is 1.63. The third-order valence-corrected chi connectivity index (χ3v) is 7.98. The zero-order chi connectivity index (χ0) is 33.1. The average molecular weight is 667 g/mol. The van der Waals surface area contributed by atoms with Gasteiger partial charge in [0.05, 0.1) is 16.1 Å². The number of carbonyl (C=O) groups is 5. The normalized spacial score (nSPS) is 16.2. The third-order valence-electron chi connectivity index (χ3n) is 7.24. The van der Waals surface area contributed by atoms with Crippen molar-refractivity contribution in [2.24, 2.45) is 5.92 Å². The van der Waals surface area contributed by atoms with Crippen LogP contribution in [-0.2, 0) is 42.9 Å².